The molecule has 1 aliphatic rings. The summed E-state index contributed by atoms with van der Waals surface area (Å²) < 4.78 is 65.0. The van der Waals surface area contributed by atoms with Crippen LogP contribution < -0.4 is 10.0 Å². The first-order valence-electron chi connectivity index (χ1n) is 6.95. The normalized spacial score (nSPS) is 17.5. The maximum absolute atomic E-state index is 12.5. The van der Waals surface area contributed by atoms with Crippen molar-refractivity contribution in [2.24, 2.45) is 4.99 Å². The van der Waals surface area contributed by atoms with E-state index >= 15 is 0 Å². The van der Waals surface area contributed by atoms with Gasteiger partial charge in [0, 0.05) is 4.47 Å². The smallest absolute Gasteiger partial charge is 0.324 e. The summed E-state index contributed by atoms with van der Waals surface area (Å²) in [5.74, 6) is 0.00900. The molecule has 1 aliphatic heterocycles. The number of rotatable bonds is 2. The molecule has 3 rings (SSSR count). The van der Waals surface area contributed by atoms with Gasteiger partial charge in [-0.25, -0.2) is 18.1 Å². The first-order valence-corrected chi connectivity index (χ1v) is 9.23. The summed E-state index contributed by atoms with van der Waals surface area (Å²) in [6, 6.07) is 9.25. The maximum Gasteiger partial charge on any atom is 0.416 e. The largest absolute Gasteiger partial charge is 0.416 e. The molecule has 0 atom stereocenters. The predicted molar refractivity (Wildman–Crippen MR) is 90.7 cm³/mol. The molecule has 0 spiro atoms. The number of aliphatic imine (C=N–C) groups is 1. The number of anilines is 1. The minimum Gasteiger partial charge on any atom is -0.324 e. The Hall–Kier alpha value is -2.07. The zero-order valence-electron chi connectivity index (χ0n) is 12.4. The number of guanidine groups is 1. The third-order valence-electron chi connectivity index (χ3n) is 3.42. The lowest BCUT2D eigenvalue weighted by Crippen LogP contribution is -2.40. The van der Waals surface area contributed by atoms with E-state index in [4.69, 9.17) is 0 Å². The molecule has 10 heteroatoms. The summed E-state index contributed by atoms with van der Waals surface area (Å²) in [5.41, 5.74) is 0.135. The number of fused-ring (bicyclic) bond motifs is 1. The van der Waals surface area contributed by atoms with E-state index in [1.165, 1.54) is 18.2 Å². The van der Waals surface area contributed by atoms with E-state index in [0.29, 0.717) is 15.7 Å². The zero-order valence-corrected chi connectivity index (χ0v) is 14.8. The molecule has 1 heterocycles. The topological polar surface area (TPSA) is 70.6 Å². The molecule has 0 unspecified atom stereocenters. The van der Waals surface area contributed by atoms with Crippen LogP contribution in [-0.2, 0) is 22.7 Å². The van der Waals surface area contributed by atoms with Crippen LogP contribution in [-0.4, -0.2) is 14.4 Å². The van der Waals surface area contributed by atoms with Crippen LogP contribution in [0.2, 0.25) is 0 Å². The SMILES string of the molecule is O=S1(=O)NC(=NCc2ccc(C(F)(F)F)cc2)Nc2ccc(Br)cc21. The number of hydrogen-bond donors (Lipinski definition) is 2. The van der Waals surface area contributed by atoms with Crippen LogP contribution in [0.4, 0.5) is 18.9 Å². The second kappa shape index (κ2) is 6.34. The van der Waals surface area contributed by atoms with Gasteiger partial charge in [0.05, 0.1) is 17.8 Å². The van der Waals surface area contributed by atoms with Gasteiger partial charge in [0.1, 0.15) is 4.90 Å². The van der Waals surface area contributed by atoms with Gasteiger partial charge in [0.2, 0.25) is 5.96 Å². The maximum atomic E-state index is 12.5. The number of hydrogen-bond acceptors (Lipinski definition) is 3. The molecule has 5 nitrogen and oxygen atoms in total. The highest BCUT2D eigenvalue weighted by atomic mass is 79.9. The summed E-state index contributed by atoms with van der Waals surface area (Å²) in [6.07, 6.45) is -4.40. The Balaban J connectivity index is 1.80. The zero-order chi connectivity index (χ0) is 18.2. The highest BCUT2D eigenvalue weighted by molar-refractivity contribution is 9.10. The summed E-state index contributed by atoms with van der Waals surface area (Å²) in [4.78, 5) is 4.16. The molecule has 25 heavy (non-hydrogen) atoms. The Morgan fingerprint density at radius 2 is 1.76 bits per heavy atom. The molecule has 0 aliphatic carbocycles. The van der Waals surface area contributed by atoms with Gasteiger partial charge in [-0.1, -0.05) is 28.1 Å². The molecule has 0 bridgehead atoms. The molecule has 2 aromatic rings. The van der Waals surface area contributed by atoms with Crippen molar-refractivity contribution in [3.8, 4) is 0 Å². The van der Waals surface area contributed by atoms with Crippen molar-refractivity contribution < 1.29 is 21.6 Å². The van der Waals surface area contributed by atoms with Gasteiger partial charge in [-0.15, -0.1) is 0 Å². The van der Waals surface area contributed by atoms with E-state index < -0.39 is 21.8 Å². The van der Waals surface area contributed by atoms with Crippen LogP contribution in [0.1, 0.15) is 11.1 Å². The van der Waals surface area contributed by atoms with E-state index in [2.05, 4.69) is 31.0 Å². The van der Waals surface area contributed by atoms with Gasteiger partial charge in [-0.2, -0.15) is 13.2 Å². The molecule has 2 N–H and O–H groups in total. The summed E-state index contributed by atoms with van der Waals surface area (Å²) in [5, 5.41) is 2.84. The van der Waals surface area contributed by atoms with E-state index in [0.717, 1.165) is 12.1 Å². The molecular formula is C15H11BrF3N3O2S. The van der Waals surface area contributed by atoms with Crippen molar-refractivity contribution in [3.63, 3.8) is 0 Å². The number of nitrogens with zero attached hydrogens (tertiary/aromatic N) is 1. The Labute approximate surface area is 150 Å². The number of benzene rings is 2. The van der Waals surface area contributed by atoms with Crippen LogP contribution in [0.15, 0.2) is 56.8 Å². The first kappa shape index (κ1) is 17.7. The Morgan fingerprint density at radius 3 is 2.40 bits per heavy atom. The quantitative estimate of drug-likeness (QED) is 0.757. The van der Waals surface area contributed by atoms with Gasteiger partial charge in [-0.3, -0.25) is 0 Å². The van der Waals surface area contributed by atoms with Gasteiger partial charge >= 0.3 is 6.18 Å². The van der Waals surface area contributed by atoms with Crippen LogP contribution >= 0.6 is 15.9 Å². The van der Waals surface area contributed by atoms with Crippen LogP contribution in [0.5, 0.6) is 0 Å². The third-order valence-corrected chi connectivity index (χ3v) is 5.29. The van der Waals surface area contributed by atoms with Crippen molar-refractivity contribution in [2.45, 2.75) is 17.6 Å². The van der Waals surface area contributed by atoms with Gasteiger partial charge in [0.25, 0.3) is 10.0 Å². The average Bonchev–Trinajstić information content (AvgIpc) is 2.53. The minimum atomic E-state index is -4.40. The number of halogens is 4. The van der Waals surface area contributed by atoms with Crippen molar-refractivity contribution in [1.29, 1.82) is 0 Å². The Morgan fingerprint density at radius 1 is 1.08 bits per heavy atom. The van der Waals surface area contributed by atoms with Crippen LogP contribution in [0, 0.1) is 0 Å². The first-order chi connectivity index (χ1) is 11.6. The number of nitrogens with one attached hydrogen (secondary N) is 2. The number of alkyl halides is 3. The predicted octanol–water partition coefficient (Wildman–Crippen LogP) is 3.73. The second-order valence-corrected chi connectivity index (χ2v) is 7.80. The summed E-state index contributed by atoms with van der Waals surface area (Å²) in [6.45, 7) is 0.0227. The van der Waals surface area contributed by atoms with E-state index in [-0.39, 0.29) is 17.4 Å². The number of sulfonamides is 1. The highest BCUT2D eigenvalue weighted by Gasteiger charge is 2.30. The summed E-state index contributed by atoms with van der Waals surface area (Å²) in [7, 11) is -3.77. The van der Waals surface area contributed by atoms with Crippen LogP contribution in [0.3, 0.4) is 0 Å². The van der Waals surface area contributed by atoms with E-state index in [1.807, 2.05) is 0 Å². The lowest BCUT2D eigenvalue weighted by Gasteiger charge is -2.21. The molecular weight excluding hydrogens is 423 g/mol. The monoisotopic (exact) mass is 433 g/mol. The fourth-order valence-corrected chi connectivity index (χ4v) is 3.88. The van der Waals surface area contributed by atoms with Crippen LogP contribution in [0.25, 0.3) is 0 Å². The average molecular weight is 434 g/mol. The van der Waals surface area contributed by atoms with E-state index in [1.54, 1.807) is 12.1 Å². The lowest BCUT2D eigenvalue weighted by atomic mass is 10.1. The molecule has 0 fully saturated rings. The molecule has 0 amide bonds. The highest BCUT2D eigenvalue weighted by Crippen LogP contribution is 2.30. The Kier molecular flexibility index (Phi) is 4.50. The van der Waals surface area contributed by atoms with E-state index in [9.17, 15) is 21.6 Å². The van der Waals surface area contributed by atoms with Crippen molar-refractivity contribution in [2.75, 3.05) is 5.32 Å². The van der Waals surface area contributed by atoms with Crippen molar-refractivity contribution in [3.05, 3.63) is 58.1 Å². The molecule has 0 saturated heterocycles. The standard InChI is InChI=1S/C15H11BrF3N3O2S/c16-11-5-6-12-13(7-11)25(23,24)22-14(21-12)20-8-9-1-3-10(4-2-9)15(17,18)19/h1-7H,8H2,(H2,20,21,22). The minimum absolute atomic E-state index is 0.00900. The lowest BCUT2D eigenvalue weighted by molar-refractivity contribution is -0.137. The molecule has 0 aromatic heterocycles. The fraction of sp³-hybridized carbons (Fsp3) is 0.133. The third kappa shape index (κ3) is 3.96. The molecule has 132 valence electrons. The van der Waals surface area contributed by atoms with Gasteiger partial charge in [0.15, 0.2) is 0 Å². The summed E-state index contributed by atoms with van der Waals surface area (Å²) >= 11 is 3.21. The van der Waals surface area contributed by atoms with Gasteiger partial charge in [-0.05, 0) is 35.9 Å². The fourth-order valence-electron chi connectivity index (χ4n) is 2.20. The Bertz CT molecular complexity index is 941. The van der Waals surface area contributed by atoms with Crippen molar-refractivity contribution in [1.82, 2.24) is 4.72 Å². The van der Waals surface area contributed by atoms with Gasteiger partial charge < -0.3 is 5.32 Å². The molecule has 2 aromatic carbocycles. The molecule has 0 radical (unpaired) electrons. The molecule has 0 saturated carbocycles. The second-order valence-electron chi connectivity index (χ2n) is 5.23. The van der Waals surface area contributed by atoms with Crippen molar-refractivity contribution >= 4 is 37.6 Å².